The predicted octanol–water partition coefficient (Wildman–Crippen LogP) is 2.02. The Balaban J connectivity index is 2.47. The van der Waals surface area contributed by atoms with E-state index in [4.69, 9.17) is 32.2 Å². The summed E-state index contributed by atoms with van der Waals surface area (Å²) in [7, 11) is 4.49. The van der Waals surface area contributed by atoms with E-state index in [-0.39, 0.29) is 10.8 Å². The van der Waals surface area contributed by atoms with Crippen molar-refractivity contribution in [3.05, 3.63) is 28.2 Å². The second-order valence-electron chi connectivity index (χ2n) is 4.65. The highest BCUT2D eigenvalue weighted by Crippen LogP contribution is 2.41. The molecule has 0 aliphatic heterocycles. The summed E-state index contributed by atoms with van der Waals surface area (Å²) in [5.41, 5.74) is 6.00. The van der Waals surface area contributed by atoms with Crippen molar-refractivity contribution in [3.8, 4) is 17.2 Å². The molecule has 1 heterocycles. The van der Waals surface area contributed by atoms with Crippen molar-refractivity contribution >= 4 is 28.7 Å². The van der Waals surface area contributed by atoms with Gasteiger partial charge in [0.1, 0.15) is 0 Å². The highest BCUT2D eigenvalue weighted by Gasteiger charge is 2.15. The van der Waals surface area contributed by atoms with Crippen molar-refractivity contribution < 1.29 is 14.2 Å². The number of benzene rings is 1. The lowest BCUT2D eigenvalue weighted by atomic mass is 10.2. The lowest BCUT2D eigenvalue weighted by Gasteiger charge is -2.12. The third kappa shape index (κ3) is 3.23. The fourth-order valence-corrected chi connectivity index (χ4v) is 2.17. The number of aromatic nitrogens is 2. The Morgan fingerprint density at radius 2 is 1.75 bits per heavy atom. The molecule has 0 saturated carbocycles. The second-order valence-corrected chi connectivity index (χ2v) is 5.07. The molecule has 1 aromatic heterocycles. The normalized spacial score (nSPS) is 10.8. The molecule has 0 unspecified atom stereocenters. The van der Waals surface area contributed by atoms with E-state index in [2.05, 4.69) is 15.3 Å². The van der Waals surface area contributed by atoms with Crippen LogP contribution in [0.1, 0.15) is 5.69 Å². The van der Waals surface area contributed by atoms with Gasteiger partial charge in [-0.1, -0.05) is 0 Å². The fraction of sp³-hybridized carbons (Fsp3) is 0.286. The molecule has 0 fully saturated rings. The minimum Gasteiger partial charge on any atom is -0.493 e. The SMILES string of the molecule is COc1cc(N=Nc2c(C)[nH]n(C(N)=S)c2=O)cc(OC)c1OC. The number of aryl methyl sites for hydroxylation is 1. The van der Waals surface area contributed by atoms with E-state index in [1.54, 1.807) is 19.1 Å². The van der Waals surface area contributed by atoms with Crippen molar-refractivity contribution in [2.24, 2.45) is 16.0 Å². The minimum absolute atomic E-state index is 0.0997. The third-order valence-corrected chi connectivity index (χ3v) is 3.36. The zero-order valence-electron chi connectivity index (χ0n) is 13.6. The van der Waals surface area contributed by atoms with Crippen LogP contribution in [0.5, 0.6) is 17.2 Å². The average Bonchev–Trinajstić information content (AvgIpc) is 2.86. The first-order valence-electron chi connectivity index (χ1n) is 6.76. The van der Waals surface area contributed by atoms with E-state index in [1.807, 2.05) is 0 Å². The van der Waals surface area contributed by atoms with E-state index in [0.29, 0.717) is 28.6 Å². The van der Waals surface area contributed by atoms with Crippen LogP contribution < -0.4 is 25.5 Å². The van der Waals surface area contributed by atoms with Crippen LogP contribution in [-0.2, 0) is 0 Å². The number of thiocarbonyl (C=S) groups is 1. The minimum atomic E-state index is -0.476. The summed E-state index contributed by atoms with van der Waals surface area (Å²) in [5, 5.41) is 10.7. The number of nitrogens with one attached hydrogen (secondary N) is 1. The largest absolute Gasteiger partial charge is 0.493 e. The Hall–Kier alpha value is -2.88. The number of methoxy groups -OCH3 is 3. The van der Waals surface area contributed by atoms with E-state index >= 15 is 0 Å². The Morgan fingerprint density at radius 3 is 2.17 bits per heavy atom. The van der Waals surface area contributed by atoms with E-state index < -0.39 is 5.56 Å². The molecule has 0 bridgehead atoms. The summed E-state index contributed by atoms with van der Waals surface area (Å²) in [6.45, 7) is 1.67. The first-order chi connectivity index (χ1) is 11.4. The Morgan fingerprint density at radius 1 is 1.17 bits per heavy atom. The number of hydrogen-bond acceptors (Lipinski definition) is 7. The van der Waals surface area contributed by atoms with Gasteiger partial charge < -0.3 is 19.9 Å². The molecule has 1 aromatic carbocycles. The van der Waals surface area contributed by atoms with Gasteiger partial charge in [-0.3, -0.25) is 9.89 Å². The highest BCUT2D eigenvalue weighted by atomic mass is 32.1. The van der Waals surface area contributed by atoms with Crippen LogP contribution in [0.15, 0.2) is 27.2 Å². The monoisotopic (exact) mass is 351 g/mol. The Labute approximate surface area is 143 Å². The molecule has 10 heteroatoms. The summed E-state index contributed by atoms with van der Waals surface area (Å²) in [6.07, 6.45) is 0. The van der Waals surface area contributed by atoms with Gasteiger partial charge >= 0.3 is 5.56 Å². The number of nitrogens with zero attached hydrogens (tertiary/aromatic N) is 3. The quantitative estimate of drug-likeness (QED) is 0.629. The molecule has 2 aromatic rings. The van der Waals surface area contributed by atoms with Gasteiger partial charge in [-0.15, -0.1) is 5.11 Å². The van der Waals surface area contributed by atoms with Gasteiger partial charge in [0, 0.05) is 12.1 Å². The zero-order valence-corrected chi connectivity index (χ0v) is 14.4. The summed E-state index contributed by atoms with van der Waals surface area (Å²) in [4.78, 5) is 12.1. The number of aromatic amines is 1. The summed E-state index contributed by atoms with van der Waals surface area (Å²) in [6, 6.07) is 3.22. The second kappa shape index (κ2) is 7.13. The number of hydrogen-bond donors (Lipinski definition) is 2. The number of rotatable bonds is 5. The molecular formula is C14H17N5O4S. The molecule has 0 radical (unpaired) electrons. The van der Waals surface area contributed by atoms with Crippen molar-refractivity contribution in [2.45, 2.75) is 6.92 Å². The lowest BCUT2D eigenvalue weighted by Crippen LogP contribution is -2.29. The van der Waals surface area contributed by atoms with Crippen molar-refractivity contribution in [3.63, 3.8) is 0 Å². The Bertz CT molecular complexity index is 830. The molecule has 0 atom stereocenters. The number of nitrogens with two attached hydrogens (primary N) is 1. The van der Waals surface area contributed by atoms with Crippen LogP contribution in [0, 0.1) is 6.92 Å². The van der Waals surface area contributed by atoms with Crippen molar-refractivity contribution in [2.75, 3.05) is 21.3 Å². The molecule has 9 nitrogen and oxygen atoms in total. The molecule has 0 saturated heterocycles. The van der Waals surface area contributed by atoms with Crippen LogP contribution in [-0.4, -0.2) is 36.2 Å². The Kier molecular flexibility index (Phi) is 5.19. The zero-order chi connectivity index (χ0) is 17.9. The maximum Gasteiger partial charge on any atom is 0.301 e. The number of ether oxygens (including phenoxy) is 3. The van der Waals surface area contributed by atoms with Gasteiger partial charge in [-0.2, -0.15) is 9.80 Å². The van der Waals surface area contributed by atoms with E-state index in [9.17, 15) is 4.79 Å². The average molecular weight is 351 g/mol. The van der Waals surface area contributed by atoms with Crippen LogP contribution in [0.3, 0.4) is 0 Å². The number of azo groups is 1. The lowest BCUT2D eigenvalue weighted by molar-refractivity contribution is 0.324. The molecule has 0 spiro atoms. The molecule has 24 heavy (non-hydrogen) atoms. The van der Waals surface area contributed by atoms with Gasteiger partial charge in [0.15, 0.2) is 22.3 Å². The maximum absolute atomic E-state index is 12.1. The standard InChI is InChI=1S/C14H17N5O4S/c1-7-11(13(20)19(18-7)14(15)24)17-16-8-5-9(21-2)12(23-4)10(6-8)22-3/h5-6,18H,1-4H3,(H2,15,24). The summed E-state index contributed by atoms with van der Waals surface area (Å²) < 4.78 is 16.7. The predicted molar refractivity (Wildman–Crippen MR) is 92.2 cm³/mol. The third-order valence-electron chi connectivity index (χ3n) is 3.18. The summed E-state index contributed by atoms with van der Waals surface area (Å²) in [5.74, 6) is 1.29. The molecular weight excluding hydrogens is 334 g/mol. The topological polar surface area (TPSA) is 116 Å². The molecule has 0 aliphatic carbocycles. The molecule has 3 N–H and O–H groups in total. The smallest absolute Gasteiger partial charge is 0.301 e. The van der Waals surface area contributed by atoms with Crippen LogP contribution in [0.4, 0.5) is 11.4 Å². The molecule has 0 aliphatic rings. The molecule has 0 amide bonds. The molecule has 2 rings (SSSR count). The summed E-state index contributed by atoms with van der Waals surface area (Å²) >= 11 is 4.78. The van der Waals surface area contributed by atoms with Gasteiger partial charge in [-0.05, 0) is 19.1 Å². The molecule has 128 valence electrons. The van der Waals surface area contributed by atoms with Gasteiger partial charge in [0.2, 0.25) is 5.75 Å². The van der Waals surface area contributed by atoms with Crippen molar-refractivity contribution in [1.29, 1.82) is 0 Å². The van der Waals surface area contributed by atoms with Crippen LogP contribution in [0.2, 0.25) is 0 Å². The number of H-pyrrole nitrogens is 1. The first kappa shape index (κ1) is 17.5. The van der Waals surface area contributed by atoms with Crippen molar-refractivity contribution in [1.82, 2.24) is 9.78 Å². The highest BCUT2D eigenvalue weighted by molar-refractivity contribution is 7.80. The fourth-order valence-electron chi connectivity index (χ4n) is 2.04. The first-order valence-corrected chi connectivity index (χ1v) is 7.17. The van der Waals surface area contributed by atoms with E-state index in [0.717, 1.165) is 4.68 Å². The van der Waals surface area contributed by atoms with Gasteiger partial charge in [0.05, 0.1) is 32.7 Å². The van der Waals surface area contributed by atoms with E-state index in [1.165, 1.54) is 21.3 Å². The van der Waals surface area contributed by atoms with Gasteiger partial charge in [-0.25, -0.2) is 0 Å². The maximum atomic E-state index is 12.1. The van der Waals surface area contributed by atoms with Crippen LogP contribution >= 0.6 is 12.2 Å². The van der Waals surface area contributed by atoms with Gasteiger partial charge in [0.25, 0.3) is 0 Å². The van der Waals surface area contributed by atoms with Crippen LogP contribution in [0.25, 0.3) is 0 Å².